The van der Waals surface area contributed by atoms with Crippen LogP contribution in [0.2, 0.25) is 0 Å². The van der Waals surface area contributed by atoms with Crippen LogP contribution in [0.5, 0.6) is 0 Å². The average molecular weight is 408 g/mol. The zero-order valence-corrected chi connectivity index (χ0v) is 17.6. The fourth-order valence-electron chi connectivity index (χ4n) is 2.85. The highest BCUT2D eigenvalue weighted by atomic mass is 32.1. The zero-order chi connectivity index (χ0) is 18.8. The Morgan fingerprint density at radius 3 is 2.75 bits per heavy atom. The van der Waals surface area contributed by atoms with Gasteiger partial charge in [-0.15, -0.1) is 0 Å². The Morgan fingerprint density at radius 1 is 1.36 bits per heavy atom. The molecule has 0 aromatic carbocycles. The van der Waals surface area contributed by atoms with Crippen LogP contribution in [-0.2, 0) is 17.9 Å². The van der Waals surface area contributed by atoms with Crippen LogP contribution in [0.25, 0.3) is 0 Å². The second kappa shape index (κ2) is 9.77. The lowest BCUT2D eigenvalue weighted by Crippen LogP contribution is -2.44. The van der Waals surface area contributed by atoms with Gasteiger partial charge >= 0.3 is 0 Å². The van der Waals surface area contributed by atoms with Gasteiger partial charge in [0.15, 0.2) is 5.82 Å². The summed E-state index contributed by atoms with van der Waals surface area (Å²) < 4.78 is 1.98. The molecule has 1 amide bonds. The minimum Gasteiger partial charge on any atom is -0.350 e. The predicted molar refractivity (Wildman–Crippen MR) is 119 cm³/mol. The summed E-state index contributed by atoms with van der Waals surface area (Å²) in [7, 11) is 1.87. The van der Waals surface area contributed by atoms with Crippen LogP contribution < -0.4 is 15.5 Å². The van der Waals surface area contributed by atoms with Crippen molar-refractivity contribution in [2.75, 3.05) is 22.6 Å². The minimum atomic E-state index is -0.261. The van der Waals surface area contributed by atoms with E-state index in [1.807, 2.05) is 36.7 Å². The molecule has 1 aliphatic heterocycles. The molecule has 9 heteroatoms. The van der Waals surface area contributed by atoms with E-state index in [1.165, 1.54) is 0 Å². The van der Waals surface area contributed by atoms with Gasteiger partial charge in [0.1, 0.15) is 11.7 Å². The van der Waals surface area contributed by atoms with E-state index in [1.54, 1.807) is 0 Å². The van der Waals surface area contributed by atoms with Crippen LogP contribution in [0.4, 0.5) is 17.5 Å². The quantitative estimate of drug-likeness (QED) is 0.765. The lowest BCUT2D eigenvalue weighted by Gasteiger charge is -2.32. The second-order valence-electron chi connectivity index (χ2n) is 7.04. The molecule has 156 valence electrons. The molecule has 1 aliphatic rings. The fraction of sp³-hybridized carbons (Fsp3) is 0.579. The van der Waals surface area contributed by atoms with Crippen LogP contribution in [0.3, 0.4) is 0 Å². The van der Waals surface area contributed by atoms with E-state index in [2.05, 4.69) is 45.7 Å². The highest BCUT2D eigenvalue weighted by Gasteiger charge is 2.30. The molecule has 28 heavy (non-hydrogen) atoms. The van der Waals surface area contributed by atoms with E-state index in [0.29, 0.717) is 24.1 Å². The summed E-state index contributed by atoms with van der Waals surface area (Å²) in [4.78, 5) is 22.9. The van der Waals surface area contributed by atoms with Gasteiger partial charge in [0.25, 0.3) is 0 Å². The number of hydrogen-bond donors (Lipinski definition) is 2. The van der Waals surface area contributed by atoms with Crippen LogP contribution in [0.1, 0.15) is 45.9 Å². The van der Waals surface area contributed by atoms with Gasteiger partial charge in [-0.05, 0) is 19.8 Å². The molecule has 0 fully saturated rings. The Hall–Kier alpha value is -2.29. The number of amides is 1. The lowest BCUT2D eigenvalue weighted by molar-refractivity contribution is -0.117. The summed E-state index contributed by atoms with van der Waals surface area (Å²) in [6.07, 6.45) is 5.06. The van der Waals surface area contributed by atoms with Crippen molar-refractivity contribution in [3.05, 3.63) is 23.7 Å². The first-order valence-corrected chi connectivity index (χ1v) is 9.06. The molecule has 0 unspecified atom stereocenters. The summed E-state index contributed by atoms with van der Waals surface area (Å²) in [5.41, 5.74) is 2.52. The summed E-state index contributed by atoms with van der Waals surface area (Å²) in [5.74, 6) is 1.85. The van der Waals surface area contributed by atoms with Crippen LogP contribution >= 0.6 is 13.5 Å². The number of aryl methyl sites for hydroxylation is 1. The van der Waals surface area contributed by atoms with Crippen molar-refractivity contribution in [2.45, 2.75) is 60.7 Å². The second-order valence-corrected chi connectivity index (χ2v) is 7.04. The number of likely N-dealkylation sites (N-methyl/N-ethyl adjacent to an activating group) is 1. The van der Waals surface area contributed by atoms with E-state index in [9.17, 15) is 4.79 Å². The van der Waals surface area contributed by atoms with Crippen LogP contribution in [0, 0.1) is 12.8 Å². The van der Waals surface area contributed by atoms with E-state index in [4.69, 9.17) is 0 Å². The zero-order valence-electron chi connectivity index (χ0n) is 16.6. The number of carbonyl (C=O) groups excluding carboxylic acids is 1. The van der Waals surface area contributed by atoms with Crippen molar-refractivity contribution in [1.29, 1.82) is 0 Å². The molecule has 8 nitrogen and oxygen atoms in total. The molecule has 2 atom stereocenters. The van der Waals surface area contributed by atoms with E-state index >= 15 is 0 Å². The maximum Gasteiger partial charge on any atom is 0.246 e. The molecule has 0 bridgehead atoms. The SMILES string of the molecule is C.CC[C@H](C)Cn1cc(CNc2nc(C)c3c(n2)N(C)[C@@H](C)C(=O)N3)cn1.S. The average Bonchev–Trinajstić information content (AvgIpc) is 3.06. The normalized spacial score (nSPS) is 16.4. The van der Waals surface area contributed by atoms with Crippen LogP contribution in [-0.4, -0.2) is 38.7 Å². The molecular weight excluding hydrogens is 374 g/mol. The third-order valence-corrected chi connectivity index (χ3v) is 4.95. The number of fused-ring (bicyclic) bond motifs is 1. The summed E-state index contributed by atoms with van der Waals surface area (Å²) in [6.45, 7) is 9.67. The molecular formula is C19H33N7OS. The first-order chi connectivity index (χ1) is 12.4. The van der Waals surface area contributed by atoms with Gasteiger partial charge in [-0.2, -0.15) is 23.6 Å². The highest BCUT2D eigenvalue weighted by Crippen LogP contribution is 2.32. The number of nitrogens with zero attached hydrogens (tertiary/aromatic N) is 5. The molecule has 0 saturated carbocycles. The van der Waals surface area contributed by atoms with E-state index in [0.717, 1.165) is 30.0 Å². The molecule has 2 N–H and O–H groups in total. The lowest BCUT2D eigenvalue weighted by atomic mass is 10.1. The Kier molecular flexibility index (Phi) is 8.29. The molecule has 0 aliphatic carbocycles. The molecule has 3 rings (SSSR count). The summed E-state index contributed by atoms with van der Waals surface area (Å²) in [6, 6.07) is -0.261. The van der Waals surface area contributed by atoms with Gasteiger partial charge in [-0.3, -0.25) is 9.48 Å². The molecule has 0 spiro atoms. The number of carbonyl (C=O) groups is 1. The van der Waals surface area contributed by atoms with Gasteiger partial charge in [0.2, 0.25) is 11.9 Å². The minimum absolute atomic E-state index is 0. The van der Waals surface area contributed by atoms with Crippen molar-refractivity contribution in [1.82, 2.24) is 19.7 Å². The number of anilines is 3. The van der Waals surface area contributed by atoms with Crippen molar-refractivity contribution >= 4 is 36.9 Å². The third kappa shape index (κ3) is 4.95. The third-order valence-electron chi connectivity index (χ3n) is 4.95. The maximum atomic E-state index is 12.0. The number of aromatic nitrogens is 4. The summed E-state index contributed by atoms with van der Waals surface area (Å²) in [5, 5.41) is 10.6. The topological polar surface area (TPSA) is 88.0 Å². The van der Waals surface area contributed by atoms with Crippen molar-refractivity contribution in [3.8, 4) is 0 Å². The predicted octanol–water partition coefficient (Wildman–Crippen LogP) is 3.17. The van der Waals surface area contributed by atoms with E-state index in [-0.39, 0.29) is 32.9 Å². The number of rotatable bonds is 6. The Balaban J connectivity index is 0.00000196. The number of hydrogen-bond acceptors (Lipinski definition) is 6. The molecule has 2 aromatic rings. The monoisotopic (exact) mass is 407 g/mol. The molecule has 0 radical (unpaired) electrons. The molecule has 0 saturated heterocycles. The molecule has 3 heterocycles. The van der Waals surface area contributed by atoms with Gasteiger partial charge < -0.3 is 15.5 Å². The highest BCUT2D eigenvalue weighted by molar-refractivity contribution is 7.59. The Morgan fingerprint density at radius 2 is 2.07 bits per heavy atom. The maximum absolute atomic E-state index is 12.0. The van der Waals surface area contributed by atoms with Gasteiger partial charge in [0, 0.05) is 31.9 Å². The smallest absolute Gasteiger partial charge is 0.246 e. The first-order valence-electron chi connectivity index (χ1n) is 9.06. The number of nitrogens with one attached hydrogen (secondary N) is 2. The largest absolute Gasteiger partial charge is 0.350 e. The first kappa shape index (κ1) is 23.7. The van der Waals surface area contributed by atoms with Gasteiger partial charge in [-0.25, -0.2) is 4.98 Å². The molecule has 2 aromatic heterocycles. The van der Waals surface area contributed by atoms with Gasteiger partial charge in [-0.1, -0.05) is 27.7 Å². The fourth-order valence-corrected chi connectivity index (χ4v) is 2.85. The summed E-state index contributed by atoms with van der Waals surface area (Å²) >= 11 is 0. The Bertz CT molecular complexity index is 808. The van der Waals surface area contributed by atoms with E-state index < -0.39 is 0 Å². The van der Waals surface area contributed by atoms with Crippen molar-refractivity contribution < 1.29 is 4.79 Å². The van der Waals surface area contributed by atoms with Crippen molar-refractivity contribution in [3.63, 3.8) is 0 Å². The van der Waals surface area contributed by atoms with Gasteiger partial charge in [0.05, 0.1) is 11.9 Å². The Labute approximate surface area is 174 Å². The standard InChI is InChI=1S/C18H27N7O.CH4.H2S/c1-6-11(2)9-25-10-14(8-20-25)7-19-18-21-12(3)15-16(23-18)24(5)13(4)17(26)22-15;;/h8,10-11,13H,6-7,9H2,1-5H3,(H,22,26)(H,19,21,23);1H4;1H2/t11-,13-;;/m0../s1. The van der Waals surface area contributed by atoms with Crippen molar-refractivity contribution in [2.24, 2.45) is 5.92 Å². The van der Waals surface area contributed by atoms with Crippen LogP contribution in [0.15, 0.2) is 12.4 Å².